The van der Waals surface area contributed by atoms with Gasteiger partial charge in [-0.05, 0) is 55.5 Å². The number of sulfonamides is 1. The maximum atomic E-state index is 13.2. The SMILES string of the molecule is COc1cc(C)c(C)cc1S(=O)(=O)N1CCC(NC(=O)Cc2ccccc2)CC1. The first-order chi connectivity index (χ1) is 13.8. The number of rotatable bonds is 6. The van der Waals surface area contributed by atoms with Crippen molar-refractivity contribution in [2.24, 2.45) is 0 Å². The van der Waals surface area contributed by atoms with Crippen LogP contribution in [0.5, 0.6) is 5.75 Å². The normalized spacial score (nSPS) is 15.8. The lowest BCUT2D eigenvalue weighted by Gasteiger charge is -2.32. The van der Waals surface area contributed by atoms with Crippen molar-refractivity contribution in [3.63, 3.8) is 0 Å². The van der Waals surface area contributed by atoms with Gasteiger partial charge in [-0.25, -0.2) is 8.42 Å². The predicted molar refractivity (Wildman–Crippen MR) is 113 cm³/mol. The lowest BCUT2D eigenvalue weighted by atomic mass is 10.1. The summed E-state index contributed by atoms with van der Waals surface area (Å²) < 4.78 is 33.1. The molecule has 0 atom stereocenters. The van der Waals surface area contributed by atoms with Crippen molar-refractivity contribution in [3.8, 4) is 5.75 Å². The molecule has 0 aromatic heterocycles. The maximum Gasteiger partial charge on any atom is 0.246 e. The molecule has 1 amide bonds. The number of aryl methyl sites for hydroxylation is 2. The van der Waals surface area contributed by atoms with Gasteiger partial charge < -0.3 is 10.1 Å². The van der Waals surface area contributed by atoms with E-state index in [1.807, 2.05) is 44.2 Å². The van der Waals surface area contributed by atoms with E-state index in [0.717, 1.165) is 16.7 Å². The van der Waals surface area contributed by atoms with Gasteiger partial charge in [0.1, 0.15) is 10.6 Å². The Bertz CT molecular complexity index is 966. The average Bonchev–Trinajstić information content (AvgIpc) is 2.70. The van der Waals surface area contributed by atoms with Crippen LogP contribution in [-0.4, -0.2) is 44.9 Å². The van der Waals surface area contributed by atoms with Crippen LogP contribution in [0.3, 0.4) is 0 Å². The summed E-state index contributed by atoms with van der Waals surface area (Å²) in [5.74, 6) is 0.333. The number of nitrogens with one attached hydrogen (secondary N) is 1. The molecule has 29 heavy (non-hydrogen) atoms. The van der Waals surface area contributed by atoms with Gasteiger partial charge in [0.25, 0.3) is 0 Å². The quantitative estimate of drug-likeness (QED) is 0.786. The molecule has 0 aliphatic carbocycles. The van der Waals surface area contributed by atoms with E-state index in [2.05, 4.69) is 5.32 Å². The number of benzene rings is 2. The second-order valence-corrected chi connectivity index (χ2v) is 9.40. The Morgan fingerprint density at radius 2 is 1.72 bits per heavy atom. The van der Waals surface area contributed by atoms with E-state index >= 15 is 0 Å². The van der Waals surface area contributed by atoms with Crippen molar-refractivity contribution in [2.45, 2.75) is 44.0 Å². The van der Waals surface area contributed by atoms with Crippen LogP contribution >= 0.6 is 0 Å². The third kappa shape index (κ3) is 4.97. The second kappa shape index (κ2) is 8.97. The van der Waals surface area contributed by atoms with E-state index in [1.165, 1.54) is 11.4 Å². The molecule has 0 bridgehead atoms. The third-order valence-corrected chi connectivity index (χ3v) is 7.34. The molecule has 0 spiro atoms. The van der Waals surface area contributed by atoms with Gasteiger partial charge in [0.2, 0.25) is 15.9 Å². The van der Waals surface area contributed by atoms with E-state index in [1.54, 1.807) is 12.1 Å². The molecule has 7 heteroatoms. The molecule has 0 radical (unpaired) electrons. The molecule has 1 saturated heterocycles. The molecule has 1 aliphatic rings. The van der Waals surface area contributed by atoms with Crippen molar-refractivity contribution in [3.05, 3.63) is 59.2 Å². The fourth-order valence-electron chi connectivity index (χ4n) is 3.56. The van der Waals surface area contributed by atoms with Gasteiger partial charge >= 0.3 is 0 Å². The molecular weight excluding hydrogens is 388 g/mol. The summed E-state index contributed by atoms with van der Waals surface area (Å²) in [4.78, 5) is 12.5. The number of carbonyl (C=O) groups excluding carboxylic acids is 1. The van der Waals surface area contributed by atoms with Gasteiger partial charge in [-0.2, -0.15) is 4.31 Å². The molecule has 1 N–H and O–H groups in total. The molecule has 1 fully saturated rings. The number of nitrogens with zero attached hydrogens (tertiary/aromatic N) is 1. The molecule has 1 heterocycles. The highest BCUT2D eigenvalue weighted by atomic mass is 32.2. The van der Waals surface area contributed by atoms with Crippen LogP contribution in [0, 0.1) is 13.8 Å². The van der Waals surface area contributed by atoms with Gasteiger partial charge in [-0.3, -0.25) is 4.79 Å². The Labute approximate surface area is 172 Å². The molecule has 156 valence electrons. The summed E-state index contributed by atoms with van der Waals surface area (Å²) >= 11 is 0. The van der Waals surface area contributed by atoms with Gasteiger partial charge in [0.05, 0.1) is 13.5 Å². The van der Waals surface area contributed by atoms with Crippen molar-refractivity contribution in [1.29, 1.82) is 0 Å². The number of amides is 1. The maximum absolute atomic E-state index is 13.2. The van der Waals surface area contributed by atoms with E-state index in [0.29, 0.717) is 38.1 Å². The highest BCUT2D eigenvalue weighted by Crippen LogP contribution is 2.31. The third-order valence-electron chi connectivity index (χ3n) is 5.42. The topological polar surface area (TPSA) is 75.7 Å². The van der Waals surface area contributed by atoms with E-state index in [4.69, 9.17) is 4.74 Å². The first-order valence-corrected chi connectivity index (χ1v) is 11.2. The summed E-state index contributed by atoms with van der Waals surface area (Å²) in [7, 11) is -2.17. The van der Waals surface area contributed by atoms with Gasteiger partial charge in [-0.1, -0.05) is 30.3 Å². The highest BCUT2D eigenvalue weighted by molar-refractivity contribution is 7.89. The number of piperidine rings is 1. The zero-order valence-electron chi connectivity index (χ0n) is 17.1. The molecule has 0 unspecified atom stereocenters. The average molecular weight is 417 g/mol. The molecule has 6 nitrogen and oxygen atoms in total. The lowest BCUT2D eigenvalue weighted by Crippen LogP contribution is -2.46. The second-order valence-electron chi connectivity index (χ2n) is 7.50. The van der Waals surface area contributed by atoms with Crippen molar-refractivity contribution < 1.29 is 17.9 Å². The predicted octanol–water partition coefficient (Wildman–Crippen LogP) is 2.82. The number of methoxy groups -OCH3 is 1. The monoisotopic (exact) mass is 416 g/mol. The van der Waals surface area contributed by atoms with Gasteiger partial charge in [-0.15, -0.1) is 0 Å². The Balaban J connectivity index is 1.63. The molecule has 3 rings (SSSR count). The Morgan fingerprint density at radius 1 is 1.10 bits per heavy atom. The summed E-state index contributed by atoms with van der Waals surface area (Å²) in [5, 5.41) is 3.03. The van der Waals surface area contributed by atoms with Crippen molar-refractivity contribution >= 4 is 15.9 Å². The standard InChI is InChI=1S/C22H28N2O4S/c1-16-13-20(28-3)21(14-17(16)2)29(26,27)24-11-9-19(10-12-24)23-22(25)15-18-7-5-4-6-8-18/h4-8,13-14,19H,9-12,15H2,1-3H3,(H,23,25). The molecule has 0 saturated carbocycles. The van der Waals surface area contributed by atoms with E-state index in [-0.39, 0.29) is 16.8 Å². The first-order valence-electron chi connectivity index (χ1n) is 9.80. The van der Waals surface area contributed by atoms with Crippen molar-refractivity contribution in [1.82, 2.24) is 9.62 Å². The van der Waals surface area contributed by atoms with Crippen LogP contribution in [0.15, 0.2) is 47.4 Å². The molecule has 2 aromatic rings. The van der Waals surface area contributed by atoms with Crippen LogP contribution in [0.4, 0.5) is 0 Å². The van der Waals surface area contributed by atoms with Crippen LogP contribution in [0.1, 0.15) is 29.5 Å². The largest absolute Gasteiger partial charge is 0.495 e. The first kappa shape index (κ1) is 21.3. The number of hydrogen-bond donors (Lipinski definition) is 1. The summed E-state index contributed by atoms with van der Waals surface area (Å²) in [6, 6.07) is 13.0. The fraction of sp³-hybridized carbons (Fsp3) is 0.409. The number of hydrogen-bond acceptors (Lipinski definition) is 4. The lowest BCUT2D eigenvalue weighted by molar-refractivity contribution is -0.121. The van der Waals surface area contributed by atoms with Crippen LogP contribution in [-0.2, 0) is 21.2 Å². The molecule has 2 aromatic carbocycles. The molecular formula is C22H28N2O4S. The van der Waals surface area contributed by atoms with E-state index < -0.39 is 10.0 Å². The van der Waals surface area contributed by atoms with Gasteiger partial charge in [0, 0.05) is 19.1 Å². The zero-order valence-corrected chi connectivity index (χ0v) is 18.0. The number of ether oxygens (including phenoxy) is 1. The minimum Gasteiger partial charge on any atom is -0.495 e. The van der Waals surface area contributed by atoms with Gasteiger partial charge in [0.15, 0.2) is 0 Å². The number of carbonyl (C=O) groups is 1. The van der Waals surface area contributed by atoms with Crippen LogP contribution in [0.25, 0.3) is 0 Å². The highest BCUT2D eigenvalue weighted by Gasteiger charge is 2.32. The fourth-order valence-corrected chi connectivity index (χ4v) is 5.26. The van der Waals surface area contributed by atoms with Crippen molar-refractivity contribution in [2.75, 3.05) is 20.2 Å². The zero-order chi connectivity index (χ0) is 21.0. The van der Waals surface area contributed by atoms with Crippen LogP contribution < -0.4 is 10.1 Å². The van der Waals surface area contributed by atoms with Crippen LogP contribution in [0.2, 0.25) is 0 Å². The Kier molecular flexibility index (Phi) is 6.59. The summed E-state index contributed by atoms with van der Waals surface area (Å²) in [6.07, 6.45) is 1.51. The summed E-state index contributed by atoms with van der Waals surface area (Å²) in [6.45, 7) is 4.56. The Morgan fingerprint density at radius 3 is 2.34 bits per heavy atom. The van der Waals surface area contributed by atoms with E-state index in [9.17, 15) is 13.2 Å². The smallest absolute Gasteiger partial charge is 0.246 e. The Hall–Kier alpha value is -2.38. The minimum absolute atomic E-state index is 0.0145. The molecule has 1 aliphatic heterocycles. The minimum atomic E-state index is -3.65. The summed E-state index contributed by atoms with van der Waals surface area (Å²) in [5.41, 5.74) is 2.86.